The molecular weight excluding hydrogens is 126 g/mol. The summed E-state index contributed by atoms with van der Waals surface area (Å²) in [4.78, 5) is 0. The highest BCUT2D eigenvalue weighted by Gasteiger charge is 1.83. The summed E-state index contributed by atoms with van der Waals surface area (Å²) in [6.45, 7) is 3.17. The fourth-order valence-corrected chi connectivity index (χ4v) is 0.739. The maximum atomic E-state index is 3.71. The van der Waals surface area contributed by atoms with Gasteiger partial charge in [-0.25, -0.2) is 0 Å². The van der Waals surface area contributed by atoms with Gasteiger partial charge in [-0.3, -0.25) is 0 Å². The molecule has 2 aliphatic rings. The molecule has 2 N–H and O–H groups in total. The molecule has 2 rings (SSSR count). The largest absolute Gasteiger partial charge is 0.310 e. The van der Waals surface area contributed by atoms with Gasteiger partial charge in [0.15, 0.2) is 0 Å². The average molecular weight is 139 g/mol. The van der Waals surface area contributed by atoms with Crippen molar-refractivity contribution in [1.82, 2.24) is 10.7 Å². The second-order valence-electron chi connectivity index (χ2n) is 2.14. The minimum absolute atomic E-state index is 1.03. The Morgan fingerprint density at radius 1 is 1.20 bits per heavy atom. The fourth-order valence-electron chi connectivity index (χ4n) is 0.739. The monoisotopic (exact) mass is 139 g/mol. The first-order chi connectivity index (χ1) is 5.00. The van der Waals surface area contributed by atoms with Crippen molar-refractivity contribution >= 4 is 6.21 Å². The van der Waals surface area contributed by atoms with Crippen molar-refractivity contribution in [3.63, 3.8) is 0 Å². The van der Waals surface area contributed by atoms with Crippen molar-refractivity contribution in [2.24, 2.45) is 5.10 Å². The first-order valence-electron chi connectivity index (χ1n) is 3.60. The second-order valence-corrected chi connectivity index (χ2v) is 2.14. The zero-order valence-corrected chi connectivity index (χ0v) is 6.01. The van der Waals surface area contributed by atoms with Gasteiger partial charge in [0.05, 0.1) is 0 Å². The number of nitrogens with zero attached hydrogens (tertiary/aromatic N) is 1. The predicted octanol–water partition coefficient (Wildman–Crippen LogP) is 0.111. The fraction of sp³-hybridized carbons (Fsp3) is 0.571. The Hall–Kier alpha value is -0.830. The number of hydrogen-bond acceptors (Lipinski definition) is 3. The van der Waals surface area contributed by atoms with E-state index in [0.717, 1.165) is 26.1 Å². The summed E-state index contributed by atoms with van der Waals surface area (Å²) in [6.07, 6.45) is 7.22. The van der Waals surface area contributed by atoms with Gasteiger partial charge in [-0.15, -0.1) is 0 Å². The molecule has 0 aromatic heterocycles. The molecule has 0 atom stereocenters. The van der Waals surface area contributed by atoms with Crippen molar-refractivity contribution in [1.29, 1.82) is 0 Å². The molecule has 0 saturated carbocycles. The number of hydrazone groups is 1. The molecule has 0 aliphatic carbocycles. The maximum Gasteiger partial charge on any atom is 0.0379 e. The molecule has 3 heteroatoms. The number of rotatable bonds is 0. The zero-order chi connectivity index (χ0) is 7.07. The molecule has 2 aliphatic heterocycles. The van der Waals surface area contributed by atoms with Gasteiger partial charge in [-0.05, 0) is 0 Å². The Morgan fingerprint density at radius 2 is 2.00 bits per heavy atom. The standard InChI is InChI=1S/C4H7N.C3H6N2/c2*1-2-4-5-3-1/h1-2,5H,3-4H2;2,5H,1,3H2. The Balaban J connectivity index is 0.0000001000. The van der Waals surface area contributed by atoms with E-state index >= 15 is 0 Å². The minimum atomic E-state index is 1.03. The van der Waals surface area contributed by atoms with E-state index in [1.165, 1.54) is 0 Å². The molecule has 0 spiro atoms. The van der Waals surface area contributed by atoms with Gasteiger partial charge in [-0.2, -0.15) is 5.10 Å². The van der Waals surface area contributed by atoms with Crippen LogP contribution in [0.25, 0.3) is 0 Å². The summed E-state index contributed by atoms with van der Waals surface area (Å²) in [7, 11) is 0. The Morgan fingerprint density at radius 3 is 2.20 bits per heavy atom. The molecule has 0 aromatic carbocycles. The van der Waals surface area contributed by atoms with Crippen LogP contribution in [0.1, 0.15) is 6.42 Å². The minimum Gasteiger partial charge on any atom is -0.310 e. The van der Waals surface area contributed by atoms with Crippen LogP contribution >= 0.6 is 0 Å². The van der Waals surface area contributed by atoms with Crippen LogP contribution in [0, 0.1) is 0 Å². The van der Waals surface area contributed by atoms with E-state index < -0.39 is 0 Å². The van der Waals surface area contributed by atoms with Crippen molar-refractivity contribution < 1.29 is 0 Å². The molecule has 0 radical (unpaired) electrons. The molecule has 0 aromatic rings. The van der Waals surface area contributed by atoms with Crippen LogP contribution in [-0.2, 0) is 0 Å². The quantitative estimate of drug-likeness (QED) is 0.467. The lowest BCUT2D eigenvalue weighted by Crippen LogP contribution is -2.04. The van der Waals surface area contributed by atoms with Crippen LogP contribution in [0.4, 0.5) is 0 Å². The van der Waals surface area contributed by atoms with Gasteiger partial charge in [0, 0.05) is 32.3 Å². The maximum absolute atomic E-state index is 3.71. The molecule has 10 heavy (non-hydrogen) atoms. The van der Waals surface area contributed by atoms with Crippen LogP contribution in [0.15, 0.2) is 17.3 Å². The summed E-state index contributed by atoms with van der Waals surface area (Å²) >= 11 is 0. The molecule has 56 valence electrons. The van der Waals surface area contributed by atoms with E-state index in [1.54, 1.807) is 0 Å². The third-order valence-corrected chi connectivity index (χ3v) is 1.26. The predicted molar refractivity (Wildman–Crippen MR) is 43.1 cm³/mol. The molecule has 0 amide bonds. The van der Waals surface area contributed by atoms with Gasteiger partial charge >= 0.3 is 0 Å². The van der Waals surface area contributed by atoms with Crippen molar-refractivity contribution in [2.45, 2.75) is 6.42 Å². The topological polar surface area (TPSA) is 36.4 Å². The molecule has 0 unspecified atom stereocenters. The van der Waals surface area contributed by atoms with Gasteiger partial charge in [0.1, 0.15) is 0 Å². The molecule has 0 fully saturated rings. The number of hydrogen-bond donors (Lipinski definition) is 2. The van der Waals surface area contributed by atoms with Crippen LogP contribution in [0.2, 0.25) is 0 Å². The number of nitrogens with one attached hydrogen (secondary N) is 2. The first kappa shape index (κ1) is 7.28. The van der Waals surface area contributed by atoms with Crippen LogP contribution in [-0.4, -0.2) is 25.8 Å². The highest BCUT2D eigenvalue weighted by Crippen LogP contribution is 1.75. The first-order valence-corrected chi connectivity index (χ1v) is 3.60. The average Bonchev–Trinajstić information content (AvgIpc) is 2.67. The zero-order valence-electron chi connectivity index (χ0n) is 6.01. The Kier molecular flexibility index (Phi) is 3.64. The third-order valence-electron chi connectivity index (χ3n) is 1.26. The third kappa shape index (κ3) is 3.25. The summed E-state index contributed by atoms with van der Waals surface area (Å²) in [5.41, 5.74) is 2.79. The van der Waals surface area contributed by atoms with Gasteiger partial charge in [-0.1, -0.05) is 12.2 Å². The Labute approximate surface area is 61.2 Å². The van der Waals surface area contributed by atoms with Crippen LogP contribution in [0.3, 0.4) is 0 Å². The van der Waals surface area contributed by atoms with Crippen molar-refractivity contribution in [3.05, 3.63) is 12.2 Å². The van der Waals surface area contributed by atoms with Crippen molar-refractivity contribution in [2.75, 3.05) is 19.6 Å². The Bertz CT molecular complexity index is 101. The van der Waals surface area contributed by atoms with E-state index in [9.17, 15) is 0 Å². The second kappa shape index (κ2) is 4.99. The van der Waals surface area contributed by atoms with E-state index in [0.29, 0.717) is 0 Å². The van der Waals surface area contributed by atoms with Gasteiger partial charge in [0.25, 0.3) is 0 Å². The molecule has 2 heterocycles. The molecule has 0 bridgehead atoms. The van der Waals surface area contributed by atoms with E-state index in [-0.39, 0.29) is 0 Å². The van der Waals surface area contributed by atoms with Gasteiger partial charge in [0.2, 0.25) is 0 Å². The van der Waals surface area contributed by atoms with Gasteiger partial charge < -0.3 is 10.7 Å². The summed E-state index contributed by atoms with van der Waals surface area (Å²) in [5, 5.41) is 6.82. The molecular formula is C7H13N3. The lowest BCUT2D eigenvalue weighted by molar-refractivity contribution is 0.813. The summed E-state index contributed by atoms with van der Waals surface area (Å²) in [6, 6.07) is 0. The SMILES string of the molecule is C1=CCNC1.C1=NNCC1. The highest BCUT2D eigenvalue weighted by molar-refractivity contribution is 5.58. The van der Waals surface area contributed by atoms with E-state index in [4.69, 9.17) is 0 Å². The lowest BCUT2D eigenvalue weighted by atomic mass is 10.5. The van der Waals surface area contributed by atoms with Crippen LogP contribution < -0.4 is 10.7 Å². The van der Waals surface area contributed by atoms with Crippen molar-refractivity contribution in [3.8, 4) is 0 Å². The van der Waals surface area contributed by atoms with E-state index in [1.807, 2.05) is 6.21 Å². The summed E-state index contributed by atoms with van der Waals surface area (Å²) < 4.78 is 0. The normalized spacial score (nSPS) is 20.0. The highest BCUT2D eigenvalue weighted by atomic mass is 15.3. The lowest BCUT2D eigenvalue weighted by Gasteiger charge is -1.77. The smallest absolute Gasteiger partial charge is 0.0379 e. The van der Waals surface area contributed by atoms with E-state index in [2.05, 4.69) is 28.0 Å². The molecule has 0 saturated heterocycles. The molecule has 3 nitrogen and oxygen atoms in total. The van der Waals surface area contributed by atoms with Crippen LogP contribution in [0.5, 0.6) is 0 Å². The summed E-state index contributed by atoms with van der Waals surface area (Å²) in [5.74, 6) is 0.